The molecular formula is C26H24O3. The number of aromatic hydroxyl groups is 1. The third-order valence-electron chi connectivity index (χ3n) is 5.69. The predicted molar refractivity (Wildman–Crippen MR) is 118 cm³/mol. The largest absolute Gasteiger partial charge is 0.507 e. The molecule has 3 heteroatoms. The smallest absolute Gasteiger partial charge is 0.316 e. The second-order valence-electron chi connectivity index (χ2n) is 7.97. The Kier molecular flexibility index (Phi) is 4.75. The topological polar surface area (TPSA) is 46.5 Å². The minimum Gasteiger partial charge on any atom is -0.507 e. The first-order chi connectivity index (χ1) is 13.9. The van der Waals surface area contributed by atoms with E-state index in [2.05, 4.69) is 0 Å². The molecule has 0 aliphatic rings. The summed E-state index contributed by atoms with van der Waals surface area (Å²) in [4.78, 5) is 12.8. The predicted octanol–water partition coefficient (Wildman–Crippen LogP) is 6.71. The van der Waals surface area contributed by atoms with Gasteiger partial charge in [-0.15, -0.1) is 0 Å². The summed E-state index contributed by atoms with van der Waals surface area (Å²) < 4.78 is 5.92. The number of carbonyl (C=O) groups excluding carboxylic acids is 1. The van der Waals surface area contributed by atoms with Crippen molar-refractivity contribution in [3.8, 4) is 22.6 Å². The summed E-state index contributed by atoms with van der Waals surface area (Å²) in [6, 6.07) is 23.2. The number of hydrogen-bond donors (Lipinski definition) is 1. The number of rotatable bonds is 4. The van der Waals surface area contributed by atoms with Gasteiger partial charge in [-0.05, 0) is 53.9 Å². The molecule has 0 heterocycles. The minimum absolute atomic E-state index is 0.159. The lowest BCUT2D eigenvalue weighted by Crippen LogP contribution is -2.28. The van der Waals surface area contributed by atoms with Gasteiger partial charge in [0.2, 0.25) is 0 Å². The van der Waals surface area contributed by atoms with Crippen molar-refractivity contribution in [2.75, 3.05) is 0 Å². The van der Waals surface area contributed by atoms with Crippen molar-refractivity contribution in [1.29, 1.82) is 0 Å². The van der Waals surface area contributed by atoms with Crippen LogP contribution in [0.1, 0.15) is 27.2 Å². The van der Waals surface area contributed by atoms with Gasteiger partial charge in [0, 0.05) is 11.1 Å². The van der Waals surface area contributed by atoms with E-state index in [1.165, 1.54) is 0 Å². The molecule has 29 heavy (non-hydrogen) atoms. The number of hydrogen-bond acceptors (Lipinski definition) is 3. The van der Waals surface area contributed by atoms with Gasteiger partial charge in [0.05, 0.1) is 5.41 Å². The molecule has 0 saturated heterocycles. The van der Waals surface area contributed by atoms with Gasteiger partial charge < -0.3 is 9.84 Å². The first-order valence-electron chi connectivity index (χ1n) is 9.87. The zero-order valence-electron chi connectivity index (χ0n) is 16.9. The maximum atomic E-state index is 12.8. The molecule has 0 aliphatic heterocycles. The van der Waals surface area contributed by atoms with E-state index in [0.29, 0.717) is 17.7 Å². The molecule has 4 rings (SSSR count). The SMILES string of the molecule is CCC(C)(C)C(=O)Oc1ccc2ccccc2c1-c1c(O)ccc2ccccc12. The molecule has 0 bridgehead atoms. The lowest BCUT2D eigenvalue weighted by molar-refractivity contribution is -0.144. The van der Waals surface area contributed by atoms with Crippen LogP contribution in [-0.2, 0) is 4.79 Å². The van der Waals surface area contributed by atoms with Crippen LogP contribution in [0.15, 0.2) is 72.8 Å². The van der Waals surface area contributed by atoms with E-state index in [-0.39, 0.29) is 11.7 Å². The van der Waals surface area contributed by atoms with Crippen molar-refractivity contribution < 1.29 is 14.6 Å². The maximum Gasteiger partial charge on any atom is 0.316 e. The molecule has 4 aromatic rings. The second-order valence-corrected chi connectivity index (χ2v) is 7.97. The number of phenols is 1. The molecule has 0 aliphatic carbocycles. The van der Waals surface area contributed by atoms with E-state index < -0.39 is 5.41 Å². The fourth-order valence-electron chi connectivity index (χ4n) is 3.50. The highest BCUT2D eigenvalue weighted by Crippen LogP contribution is 2.45. The Bertz CT molecular complexity index is 1220. The van der Waals surface area contributed by atoms with Gasteiger partial charge in [0.15, 0.2) is 0 Å². The average molecular weight is 384 g/mol. The molecule has 3 nitrogen and oxygen atoms in total. The summed E-state index contributed by atoms with van der Waals surface area (Å²) in [7, 11) is 0. The average Bonchev–Trinajstić information content (AvgIpc) is 2.74. The lowest BCUT2D eigenvalue weighted by atomic mass is 9.90. The van der Waals surface area contributed by atoms with E-state index in [1.807, 2.05) is 87.5 Å². The van der Waals surface area contributed by atoms with Crippen molar-refractivity contribution in [1.82, 2.24) is 0 Å². The van der Waals surface area contributed by atoms with Crippen molar-refractivity contribution in [3.05, 3.63) is 72.8 Å². The van der Waals surface area contributed by atoms with Crippen molar-refractivity contribution >= 4 is 27.5 Å². The fourth-order valence-corrected chi connectivity index (χ4v) is 3.50. The van der Waals surface area contributed by atoms with Gasteiger partial charge in [-0.1, -0.05) is 67.6 Å². The molecule has 4 aromatic carbocycles. The van der Waals surface area contributed by atoms with E-state index in [4.69, 9.17) is 4.74 Å². The molecule has 0 unspecified atom stereocenters. The number of benzene rings is 4. The van der Waals surface area contributed by atoms with Crippen LogP contribution < -0.4 is 4.74 Å². The van der Waals surface area contributed by atoms with Gasteiger partial charge in [-0.25, -0.2) is 0 Å². The molecule has 146 valence electrons. The fraction of sp³-hybridized carbons (Fsp3) is 0.192. The van der Waals surface area contributed by atoms with Crippen LogP contribution >= 0.6 is 0 Å². The van der Waals surface area contributed by atoms with Gasteiger partial charge in [0.1, 0.15) is 11.5 Å². The highest BCUT2D eigenvalue weighted by Gasteiger charge is 2.29. The van der Waals surface area contributed by atoms with E-state index >= 15 is 0 Å². The summed E-state index contributed by atoms with van der Waals surface area (Å²) in [5, 5.41) is 14.7. The van der Waals surface area contributed by atoms with Crippen LogP contribution in [0.25, 0.3) is 32.7 Å². The molecule has 0 atom stereocenters. The summed E-state index contributed by atoms with van der Waals surface area (Å²) in [6.45, 7) is 5.73. The van der Waals surface area contributed by atoms with Crippen LogP contribution in [0.2, 0.25) is 0 Å². The Balaban J connectivity index is 2.04. The molecule has 1 N–H and O–H groups in total. The van der Waals surface area contributed by atoms with Gasteiger partial charge in [-0.3, -0.25) is 4.79 Å². The molecule has 0 fully saturated rings. The highest BCUT2D eigenvalue weighted by molar-refractivity contribution is 6.10. The maximum absolute atomic E-state index is 12.8. The second kappa shape index (κ2) is 7.25. The molecule has 0 radical (unpaired) electrons. The Morgan fingerprint density at radius 1 is 0.828 bits per heavy atom. The summed E-state index contributed by atoms with van der Waals surface area (Å²) in [6.07, 6.45) is 0.675. The lowest BCUT2D eigenvalue weighted by Gasteiger charge is -2.22. The van der Waals surface area contributed by atoms with Crippen LogP contribution in [0.5, 0.6) is 11.5 Å². The Hall–Kier alpha value is -3.33. The number of esters is 1. The quantitative estimate of drug-likeness (QED) is 0.314. The van der Waals surface area contributed by atoms with Crippen LogP contribution in [0.3, 0.4) is 0 Å². The van der Waals surface area contributed by atoms with Gasteiger partial charge in [-0.2, -0.15) is 0 Å². The molecular weight excluding hydrogens is 360 g/mol. The normalized spacial score (nSPS) is 11.7. The first-order valence-corrected chi connectivity index (χ1v) is 9.87. The number of ether oxygens (including phenoxy) is 1. The Labute approximate surface area is 170 Å². The summed E-state index contributed by atoms with van der Waals surface area (Å²) in [5.74, 6) is 0.338. The standard InChI is InChI=1S/C26H24O3/c1-4-26(2,3)25(28)29-22-16-14-18-10-6-8-12-20(18)24(22)23-19-11-7-5-9-17(19)13-15-21(23)27/h5-16,27H,4H2,1-3H3. The van der Waals surface area contributed by atoms with Crippen molar-refractivity contribution in [2.45, 2.75) is 27.2 Å². The van der Waals surface area contributed by atoms with Crippen LogP contribution in [-0.4, -0.2) is 11.1 Å². The Morgan fingerprint density at radius 3 is 2.00 bits per heavy atom. The molecule has 0 spiro atoms. The van der Waals surface area contributed by atoms with E-state index in [0.717, 1.165) is 27.1 Å². The van der Waals surface area contributed by atoms with Crippen LogP contribution in [0.4, 0.5) is 0 Å². The third-order valence-corrected chi connectivity index (χ3v) is 5.69. The van der Waals surface area contributed by atoms with E-state index in [1.54, 1.807) is 6.07 Å². The first kappa shape index (κ1) is 19.0. The number of carbonyl (C=O) groups is 1. The molecule has 0 saturated carbocycles. The van der Waals surface area contributed by atoms with Crippen molar-refractivity contribution in [3.63, 3.8) is 0 Å². The highest BCUT2D eigenvalue weighted by atomic mass is 16.5. The number of phenolic OH excluding ortho intramolecular Hbond substituents is 1. The van der Waals surface area contributed by atoms with Gasteiger partial charge >= 0.3 is 5.97 Å². The summed E-state index contributed by atoms with van der Waals surface area (Å²) >= 11 is 0. The molecule has 0 aromatic heterocycles. The summed E-state index contributed by atoms with van der Waals surface area (Å²) in [5.41, 5.74) is 0.818. The van der Waals surface area contributed by atoms with Gasteiger partial charge in [0.25, 0.3) is 0 Å². The zero-order valence-corrected chi connectivity index (χ0v) is 16.9. The Morgan fingerprint density at radius 2 is 1.38 bits per heavy atom. The monoisotopic (exact) mass is 384 g/mol. The zero-order chi connectivity index (χ0) is 20.6. The van der Waals surface area contributed by atoms with Crippen molar-refractivity contribution in [2.24, 2.45) is 5.41 Å². The molecule has 0 amide bonds. The third kappa shape index (κ3) is 3.33. The van der Waals surface area contributed by atoms with Crippen LogP contribution in [0, 0.1) is 5.41 Å². The van der Waals surface area contributed by atoms with E-state index in [9.17, 15) is 9.90 Å². The number of fused-ring (bicyclic) bond motifs is 2. The minimum atomic E-state index is -0.594.